The Kier molecular flexibility index (Phi) is 6.10. The van der Waals surface area contributed by atoms with Crippen molar-refractivity contribution in [1.82, 2.24) is 20.2 Å². The molecule has 11 heteroatoms. The number of carbonyl (C=O) groups excluding carboxylic acids is 2. The Bertz CT molecular complexity index is 1220. The third kappa shape index (κ3) is 4.56. The molecule has 1 aromatic heterocycles. The van der Waals surface area contributed by atoms with Gasteiger partial charge in [0.1, 0.15) is 0 Å². The van der Waals surface area contributed by atoms with Crippen LogP contribution >= 0.6 is 0 Å². The third-order valence-corrected chi connectivity index (χ3v) is 8.61. The van der Waals surface area contributed by atoms with Gasteiger partial charge in [-0.3, -0.25) is 9.59 Å². The van der Waals surface area contributed by atoms with Crippen LogP contribution < -0.4 is 26.6 Å². The van der Waals surface area contributed by atoms with Gasteiger partial charge in [-0.2, -0.15) is 4.98 Å². The lowest BCUT2D eigenvalue weighted by molar-refractivity contribution is -0.124. The van der Waals surface area contributed by atoms with Gasteiger partial charge >= 0.3 is 0 Å². The predicted molar refractivity (Wildman–Crippen MR) is 138 cm³/mol. The van der Waals surface area contributed by atoms with Gasteiger partial charge in [-0.15, -0.1) is 0 Å². The fraction of sp³-hybridized carbons (Fsp3) is 0.538. The van der Waals surface area contributed by atoms with E-state index >= 15 is 0 Å². The van der Waals surface area contributed by atoms with E-state index in [1.165, 1.54) is 0 Å². The monoisotopic (exact) mass is 508 g/mol. The Labute approximate surface area is 215 Å². The molecule has 2 aliphatic carbocycles. The van der Waals surface area contributed by atoms with E-state index < -0.39 is 11.7 Å². The van der Waals surface area contributed by atoms with Crippen LogP contribution in [-0.2, 0) is 16.0 Å². The molecule has 6 bridgehead atoms. The van der Waals surface area contributed by atoms with Crippen molar-refractivity contribution in [3.63, 3.8) is 0 Å². The quantitative estimate of drug-likeness (QED) is 0.478. The molecule has 5 atom stereocenters. The maximum absolute atomic E-state index is 14.8. The summed E-state index contributed by atoms with van der Waals surface area (Å²) in [6.45, 7) is 4.22. The number of hydrogen-bond donors (Lipinski definition) is 4. The number of aromatic nitrogens is 2. The number of nitrogens with one attached hydrogen (secondary N) is 3. The minimum atomic E-state index is -0.586. The highest BCUT2D eigenvalue weighted by atomic mass is 19.1. The van der Waals surface area contributed by atoms with Crippen LogP contribution in [0, 0.1) is 29.5 Å². The van der Waals surface area contributed by atoms with Crippen molar-refractivity contribution in [3.8, 4) is 0 Å². The number of likely N-dealkylation sites (N-methyl/N-ethyl adjacent to an activating group) is 1. The lowest BCUT2D eigenvalue weighted by Crippen LogP contribution is -2.47. The Morgan fingerprint density at radius 2 is 1.97 bits per heavy atom. The molecule has 37 heavy (non-hydrogen) atoms. The fourth-order valence-electron chi connectivity index (χ4n) is 6.79. The average Bonchev–Trinajstić information content (AvgIpc) is 3.44. The Morgan fingerprint density at radius 1 is 1.16 bits per heavy atom. The number of amides is 2. The first-order valence-electron chi connectivity index (χ1n) is 13.0. The Morgan fingerprint density at radius 3 is 2.76 bits per heavy atom. The number of halogens is 1. The van der Waals surface area contributed by atoms with Crippen molar-refractivity contribution < 1.29 is 14.0 Å². The highest BCUT2D eigenvalue weighted by Crippen LogP contribution is 2.52. The molecule has 4 aliphatic rings. The minimum absolute atomic E-state index is 0.0380. The van der Waals surface area contributed by atoms with Crippen LogP contribution in [0.1, 0.15) is 18.4 Å². The van der Waals surface area contributed by atoms with Gasteiger partial charge in [-0.25, -0.2) is 9.37 Å². The molecule has 196 valence electrons. The summed E-state index contributed by atoms with van der Waals surface area (Å²) in [4.78, 5) is 38.6. The molecule has 10 nitrogen and oxygen atoms in total. The van der Waals surface area contributed by atoms with Crippen LogP contribution in [-0.4, -0.2) is 72.5 Å². The van der Waals surface area contributed by atoms with E-state index in [0.29, 0.717) is 12.2 Å². The largest absolute Gasteiger partial charge is 0.369 e. The lowest BCUT2D eigenvalue weighted by atomic mass is 9.77. The second kappa shape index (κ2) is 9.44. The van der Waals surface area contributed by atoms with Gasteiger partial charge in [-0.1, -0.05) is 0 Å². The number of primary amides is 1. The van der Waals surface area contributed by atoms with Gasteiger partial charge in [-0.05, 0) is 61.4 Å². The number of fused-ring (bicyclic) bond motifs is 5. The number of benzene rings is 1. The summed E-state index contributed by atoms with van der Waals surface area (Å²) >= 11 is 0. The molecule has 6 rings (SSSR count). The number of nitrogens with zero attached hydrogens (tertiary/aromatic N) is 4. The van der Waals surface area contributed by atoms with Crippen molar-refractivity contribution in [1.29, 1.82) is 0 Å². The normalized spacial score (nSPS) is 29.5. The zero-order valence-electron chi connectivity index (χ0n) is 20.9. The zero-order chi connectivity index (χ0) is 25.7. The molecular weight excluding hydrogens is 475 g/mol. The van der Waals surface area contributed by atoms with Crippen LogP contribution in [0.25, 0.3) is 0 Å². The van der Waals surface area contributed by atoms with Crippen molar-refractivity contribution in [2.45, 2.75) is 25.3 Å². The summed E-state index contributed by atoms with van der Waals surface area (Å²) in [5.74, 6) is -0.756. The summed E-state index contributed by atoms with van der Waals surface area (Å²) < 4.78 is 14.8. The molecule has 0 unspecified atom stereocenters. The van der Waals surface area contributed by atoms with Gasteiger partial charge in [0.05, 0.1) is 18.5 Å². The third-order valence-electron chi connectivity index (χ3n) is 8.61. The van der Waals surface area contributed by atoms with E-state index in [2.05, 4.69) is 42.8 Å². The number of rotatable bonds is 2. The highest BCUT2D eigenvalue weighted by molar-refractivity contribution is 5.82. The van der Waals surface area contributed by atoms with Crippen molar-refractivity contribution in [2.24, 2.45) is 29.4 Å². The van der Waals surface area contributed by atoms with Crippen molar-refractivity contribution >= 4 is 35.0 Å². The second-order valence-electron chi connectivity index (χ2n) is 10.9. The molecule has 2 aliphatic heterocycles. The maximum atomic E-state index is 14.8. The number of nitrogens with two attached hydrogens (primary N) is 1. The Hall–Kier alpha value is -3.47. The number of anilines is 4. The minimum Gasteiger partial charge on any atom is -0.369 e. The second-order valence-corrected chi connectivity index (χ2v) is 10.9. The Balaban J connectivity index is 1.35. The molecule has 2 aromatic rings. The van der Waals surface area contributed by atoms with Crippen molar-refractivity contribution in [3.05, 3.63) is 35.8 Å². The van der Waals surface area contributed by atoms with Crippen LogP contribution in [0.15, 0.2) is 24.4 Å². The number of hydrogen-bond acceptors (Lipinski definition) is 8. The first-order chi connectivity index (χ1) is 17.9. The van der Waals surface area contributed by atoms with E-state index in [4.69, 9.17) is 5.73 Å². The van der Waals surface area contributed by atoms with Crippen LogP contribution in [0.4, 0.5) is 27.5 Å². The molecular formula is C26H33FN8O2. The van der Waals surface area contributed by atoms with Crippen LogP contribution in [0.5, 0.6) is 0 Å². The number of piperazine rings is 1. The lowest BCUT2D eigenvalue weighted by Gasteiger charge is -2.35. The predicted octanol–water partition coefficient (Wildman–Crippen LogP) is 1.32. The molecule has 5 N–H and O–H groups in total. The van der Waals surface area contributed by atoms with E-state index in [0.717, 1.165) is 56.5 Å². The van der Waals surface area contributed by atoms with E-state index in [1.54, 1.807) is 0 Å². The van der Waals surface area contributed by atoms with E-state index in [9.17, 15) is 14.0 Å². The summed E-state index contributed by atoms with van der Waals surface area (Å²) in [5.41, 5.74) is 8.44. The summed E-state index contributed by atoms with van der Waals surface area (Å²) in [5, 5.41) is 9.50. The van der Waals surface area contributed by atoms with Crippen LogP contribution in [0.2, 0.25) is 0 Å². The highest BCUT2D eigenvalue weighted by Gasteiger charge is 2.55. The smallest absolute Gasteiger partial charge is 0.229 e. The molecule has 2 saturated carbocycles. The van der Waals surface area contributed by atoms with Crippen LogP contribution in [0.3, 0.4) is 0 Å². The standard InChI is InChI=1S/C26H33FN8O2/c1-34-4-6-35(7-5-34)20-3-2-17-9-14(20)11-21(36)29-12-16-8-15-10-18(16)23(22(15)24(28)37)32-25-19(27)13-30-26(31-17)33-25/h2-3,9,13,15-16,18,22-23H,4-8,10-12H2,1H3,(H2,28,37)(H,29,36)(H2,30,31,32,33)/t15-,16+,18-,22+,23-/m1/s1. The molecule has 3 fully saturated rings. The van der Waals surface area contributed by atoms with E-state index in [-0.39, 0.29) is 53.8 Å². The SMILES string of the molecule is CN1CCN(c2ccc3cc2CC(=O)NC[C@@H]2C[C@@H]4C[C@H]2[C@@H](Nc2nc(ncc2F)N3)[C@H]4C(N)=O)CC1. The van der Waals surface area contributed by atoms with Gasteiger partial charge in [0.15, 0.2) is 11.6 Å². The molecule has 0 spiro atoms. The molecule has 3 heterocycles. The van der Waals surface area contributed by atoms with Crippen molar-refractivity contribution in [2.75, 3.05) is 55.3 Å². The summed E-state index contributed by atoms with van der Waals surface area (Å²) in [7, 11) is 2.11. The summed E-state index contributed by atoms with van der Waals surface area (Å²) in [6.07, 6.45) is 3.01. The van der Waals surface area contributed by atoms with Gasteiger partial charge in [0, 0.05) is 50.1 Å². The first kappa shape index (κ1) is 23.9. The zero-order valence-corrected chi connectivity index (χ0v) is 20.9. The average molecular weight is 509 g/mol. The first-order valence-corrected chi connectivity index (χ1v) is 13.0. The molecule has 1 aromatic carbocycles. The molecule has 1 saturated heterocycles. The van der Waals surface area contributed by atoms with Gasteiger partial charge < -0.3 is 31.5 Å². The fourth-order valence-corrected chi connectivity index (χ4v) is 6.79. The van der Waals surface area contributed by atoms with Gasteiger partial charge in [0.2, 0.25) is 17.8 Å². The summed E-state index contributed by atoms with van der Waals surface area (Å²) in [6, 6.07) is 5.56. The van der Waals surface area contributed by atoms with E-state index in [1.807, 2.05) is 18.2 Å². The molecule has 2 amide bonds. The topological polar surface area (TPSA) is 129 Å². The van der Waals surface area contributed by atoms with Gasteiger partial charge in [0.25, 0.3) is 0 Å². The maximum Gasteiger partial charge on any atom is 0.229 e. The molecule has 0 radical (unpaired) electrons. The number of carbonyl (C=O) groups is 2.